The van der Waals surface area contributed by atoms with Crippen LogP contribution in [0, 0.1) is 5.92 Å². The standard InChI is InChI=1S/C20H27ClN2O4/c1-2-14-7-9-20(10-8-14)18(25)23(19(26)22-20)11-16(24)13-27-12-15-5-3-4-6-17(15)21/h3-6,14,16,24H,2,7-13H2,1H3,(H,22,26)/t14?,16-,20?/m0/s1. The van der Waals surface area contributed by atoms with Gasteiger partial charge in [0, 0.05) is 5.02 Å². The van der Waals surface area contributed by atoms with Gasteiger partial charge in [-0.25, -0.2) is 4.79 Å². The molecule has 0 unspecified atom stereocenters. The maximum Gasteiger partial charge on any atom is 0.325 e. The number of benzene rings is 1. The summed E-state index contributed by atoms with van der Waals surface area (Å²) in [6.45, 7) is 2.38. The lowest BCUT2D eigenvalue weighted by Crippen LogP contribution is -2.50. The second-order valence-corrected chi connectivity index (χ2v) is 7.95. The third kappa shape index (κ3) is 4.45. The van der Waals surface area contributed by atoms with E-state index in [1.807, 2.05) is 18.2 Å². The van der Waals surface area contributed by atoms with Crippen molar-refractivity contribution in [3.8, 4) is 0 Å². The van der Waals surface area contributed by atoms with Crippen LogP contribution in [0.4, 0.5) is 4.79 Å². The summed E-state index contributed by atoms with van der Waals surface area (Å²) in [6, 6.07) is 6.91. The van der Waals surface area contributed by atoms with Crippen molar-refractivity contribution in [2.75, 3.05) is 13.2 Å². The normalized spacial score (nSPS) is 26.5. The van der Waals surface area contributed by atoms with Crippen LogP contribution >= 0.6 is 11.6 Å². The van der Waals surface area contributed by atoms with Crippen molar-refractivity contribution in [3.05, 3.63) is 34.9 Å². The number of imide groups is 1. The van der Waals surface area contributed by atoms with Crippen LogP contribution in [0.2, 0.25) is 5.02 Å². The van der Waals surface area contributed by atoms with Crippen LogP contribution in [-0.2, 0) is 16.1 Å². The van der Waals surface area contributed by atoms with Gasteiger partial charge in [-0.3, -0.25) is 9.69 Å². The molecule has 2 N–H and O–H groups in total. The fourth-order valence-electron chi connectivity index (χ4n) is 3.94. The summed E-state index contributed by atoms with van der Waals surface area (Å²) in [4.78, 5) is 26.3. The number of aliphatic hydroxyl groups is 1. The number of urea groups is 1. The van der Waals surface area contributed by atoms with Crippen LogP contribution in [0.5, 0.6) is 0 Å². The van der Waals surface area contributed by atoms with Crippen molar-refractivity contribution < 1.29 is 19.4 Å². The minimum atomic E-state index is -0.940. The van der Waals surface area contributed by atoms with Crippen LogP contribution < -0.4 is 5.32 Å². The Bertz CT molecular complexity index is 688. The molecule has 6 nitrogen and oxygen atoms in total. The highest BCUT2D eigenvalue weighted by Crippen LogP contribution is 2.37. The van der Waals surface area contributed by atoms with E-state index in [-0.39, 0.29) is 25.7 Å². The zero-order valence-electron chi connectivity index (χ0n) is 15.6. The number of halogens is 1. The molecule has 3 rings (SSSR count). The first-order chi connectivity index (χ1) is 12.9. The Kier molecular flexibility index (Phi) is 6.40. The lowest BCUT2D eigenvalue weighted by atomic mass is 9.75. The van der Waals surface area contributed by atoms with Gasteiger partial charge in [-0.2, -0.15) is 0 Å². The first kappa shape index (κ1) is 20.1. The molecule has 1 atom stereocenters. The molecule has 2 fully saturated rings. The third-order valence-electron chi connectivity index (χ3n) is 5.70. The number of ether oxygens (including phenoxy) is 1. The molecule has 1 aliphatic heterocycles. The Labute approximate surface area is 164 Å². The molecule has 1 aromatic rings. The number of hydrogen-bond acceptors (Lipinski definition) is 4. The second-order valence-electron chi connectivity index (χ2n) is 7.54. The number of hydrogen-bond donors (Lipinski definition) is 2. The Balaban J connectivity index is 1.50. The zero-order chi connectivity index (χ0) is 19.4. The van der Waals surface area contributed by atoms with Gasteiger partial charge in [-0.1, -0.05) is 43.1 Å². The Hall–Kier alpha value is -1.63. The van der Waals surface area contributed by atoms with Crippen molar-refractivity contribution in [1.82, 2.24) is 10.2 Å². The molecule has 0 radical (unpaired) electrons. The first-order valence-electron chi connectivity index (χ1n) is 9.58. The van der Waals surface area contributed by atoms with Gasteiger partial charge >= 0.3 is 6.03 Å². The maximum atomic E-state index is 12.8. The average molecular weight is 395 g/mol. The predicted molar refractivity (Wildman–Crippen MR) is 102 cm³/mol. The summed E-state index contributed by atoms with van der Waals surface area (Å²) < 4.78 is 5.50. The Morgan fingerprint density at radius 1 is 1.33 bits per heavy atom. The predicted octanol–water partition coefficient (Wildman–Crippen LogP) is 3.11. The van der Waals surface area contributed by atoms with Gasteiger partial charge in [0.2, 0.25) is 0 Å². The molecule has 1 aliphatic carbocycles. The van der Waals surface area contributed by atoms with E-state index in [4.69, 9.17) is 16.3 Å². The Morgan fingerprint density at radius 2 is 2.04 bits per heavy atom. The molecule has 1 aromatic carbocycles. The summed E-state index contributed by atoms with van der Waals surface area (Å²) in [5.41, 5.74) is 0.0500. The highest BCUT2D eigenvalue weighted by atomic mass is 35.5. The van der Waals surface area contributed by atoms with Gasteiger partial charge in [-0.15, -0.1) is 0 Å². The number of carbonyl (C=O) groups excluding carboxylic acids is 2. The molecular weight excluding hydrogens is 368 g/mol. The van der Waals surface area contributed by atoms with Gasteiger partial charge < -0.3 is 15.2 Å². The van der Waals surface area contributed by atoms with E-state index in [1.165, 1.54) is 0 Å². The van der Waals surface area contributed by atoms with E-state index in [1.54, 1.807) is 6.07 Å². The molecule has 1 heterocycles. The van der Waals surface area contributed by atoms with Gasteiger partial charge in [0.1, 0.15) is 5.54 Å². The third-order valence-corrected chi connectivity index (χ3v) is 6.07. The van der Waals surface area contributed by atoms with E-state index < -0.39 is 17.7 Å². The van der Waals surface area contributed by atoms with Crippen LogP contribution in [0.15, 0.2) is 24.3 Å². The monoisotopic (exact) mass is 394 g/mol. The van der Waals surface area contributed by atoms with Crippen LogP contribution in [0.25, 0.3) is 0 Å². The van der Waals surface area contributed by atoms with E-state index in [0.717, 1.165) is 29.7 Å². The average Bonchev–Trinajstić information content (AvgIpc) is 2.88. The van der Waals surface area contributed by atoms with Crippen molar-refractivity contribution in [1.29, 1.82) is 0 Å². The molecule has 3 amide bonds. The smallest absolute Gasteiger partial charge is 0.325 e. The molecule has 27 heavy (non-hydrogen) atoms. The molecule has 7 heteroatoms. The lowest BCUT2D eigenvalue weighted by Gasteiger charge is -2.34. The number of aliphatic hydroxyl groups excluding tert-OH is 1. The summed E-state index contributed by atoms with van der Waals surface area (Å²) in [7, 11) is 0. The lowest BCUT2D eigenvalue weighted by molar-refractivity contribution is -0.134. The molecule has 1 saturated carbocycles. The zero-order valence-corrected chi connectivity index (χ0v) is 16.4. The highest BCUT2D eigenvalue weighted by molar-refractivity contribution is 6.31. The topological polar surface area (TPSA) is 78.9 Å². The summed E-state index contributed by atoms with van der Waals surface area (Å²) in [5, 5.41) is 13.7. The van der Waals surface area contributed by atoms with Gasteiger partial charge in [-0.05, 0) is 43.2 Å². The largest absolute Gasteiger partial charge is 0.389 e. The summed E-state index contributed by atoms with van der Waals surface area (Å²) in [5.74, 6) is 0.408. The van der Waals surface area contributed by atoms with Crippen LogP contribution in [0.3, 0.4) is 0 Å². The number of nitrogens with one attached hydrogen (secondary N) is 1. The van der Waals surface area contributed by atoms with E-state index in [9.17, 15) is 14.7 Å². The summed E-state index contributed by atoms with van der Waals surface area (Å²) >= 11 is 6.07. The van der Waals surface area contributed by atoms with Crippen molar-refractivity contribution >= 4 is 23.5 Å². The van der Waals surface area contributed by atoms with E-state index in [2.05, 4.69) is 12.2 Å². The summed E-state index contributed by atoms with van der Waals surface area (Å²) in [6.07, 6.45) is 3.39. The Morgan fingerprint density at radius 3 is 2.70 bits per heavy atom. The van der Waals surface area contributed by atoms with Crippen molar-refractivity contribution in [2.45, 2.75) is 57.3 Å². The molecule has 1 spiro atoms. The van der Waals surface area contributed by atoms with Gasteiger partial charge in [0.25, 0.3) is 5.91 Å². The van der Waals surface area contributed by atoms with Gasteiger partial charge in [0.05, 0.1) is 25.9 Å². The van der Waals surface area contributed by atoms with Crippen LogP contribution in [0.1, 0.15) is 44.6 Å². The fraction of sp³-hybridized carbons (Fsp3) is 0.600. The fourth-order valence-corrected chi connectivity index (χ4v) is 4.13. The van der Waals surface area contributed by atoms with E-state index in [0.29, 0.717) is 23.8 Å². The minimum absolute atomic E-state index is 0.0210. The van der Waals surface area contributed by atoms with Crippen LogP contribution in [-0.4, -0.2) is 46.7 Å². The second kappa shape index (κ2) is 8.59. The molecule has 0 aromatic heterocycles. The maximum absolute atomic E-state index is 12.8. The van der Waals surface area contributed by atoms with Gasteiger partial charge in [0.15, 0.2) is 0 Å². The first-order valence-corrected chi connectivity index (χ1v) is 9.96. The molecule has 0 bridgehead atoms. The highest BCUT2D eigenvalue weighted by Gasteiger charge is 2.52. The molecule has 148 valence electrons. The van der Waals surface area contributed by atoms with Crippen molar-refractivity contribution in [2.24, 2.45) is 5.92 Å². The molecular formula is C20H27ClN2O4. The molecule has 2 aliphatic rings. The minimum Gasteiger partial charge on any atom is -0.389 e. The SMILES string of the molecule is CCC1CCC2(CC1)NC(=O)N(C[C@H](O)COCc1ccccc1Cl)C2=O. The number of β-amino-alcohol motifs (C(OH)–C–C–N with tert-alkyl or cyclic N) is 1. The number of nitrogens with zero attached hydrogens (tertiary/aromatic N) is 1. The molecule has 1 saturated heterocycles. The van der Waals surface area contributed by atoms with Crippen molar-refractivity contribution in [3.63, 3.8) is 0 Å². The van der Waals surface area contributed by atoms with E-state index >= 15 is 0 Å². The number of carbonyl (C=O) groups is 2. The number of amides is 3. The quantitative estimate of drug-likeness (QED) is 0.696. The number of rotatable bonds is 7.